The minimum atomic E-state index is -3.65. The van der Waals surface area contributed by atoms with Crippen LogP contribution in [0.2, 0.25) is 0 Å². The van der Waals surface area contributed by atoms with Crippen molar-refractivity contribution in [2.24, 2.45) is 0 Å². The highest BCUT2D eigenvalue weighted by molar-refractivity contribution is 7.89. The molecular weight excluding hydrogens is 472 g/mol. The van der Waals surface area contributed by atoms with Gasteiger partial charge in [-0.3, -0.25) is 4.79 Å². The third-order valence-corrected chi connectivity index (χ3v) is 8.54. The van der Waals surface area contributed by atoms with E-state index in [9.17, 15) is 18.0 Å². The lowest BCUT2D eigenvalue weighted by Gasteiger charge is -2.22. The lowest BCUT2D eigenvalue weighted by atomic mass is 10.2. The summed E-state index contributed by atoms with van der Waals surface area (Å²) in [6, 6.07) is 13.3. The van der Waals surface area contributed by atoms with Gasteiger partial charge in [-0.1, -0.05) is 44.9 Å². The summed E-state index contributed by atoms with van der Waals surface area (Å²) in [5.41, 5.74) is 0.679. The Kier molecular flexibility index (Phi) is 8.82. The van der Waals surface area contributed by atoms with Crippen LogP contribution in [0, 0.1) is 0 Å². The zero-order valence-corrected chi connectivity index (χ0v) is 21.3. The summed E-state index contributed by atoms with van der Waals surface area (Å²) in [6.45, 7) is 5.01. The number of nitrogens with one attached hydrogen (secondary N) is 1. The minimum absolute atomic E-state index is 0.160. The van der Waals surface area contributed by atoms with Crippen molar-refractivity contribution in [3.05, 3.63) is 59.0 Å². The molecule has 0 unspecified atom stereocenters. The van der Waals surface area contributed by atoms with Crippen LogP contribution in [0.4, 0.5) is 5.69 Å². The van der Waals surface area contributed by atoms with Gasteiger partial charge in [0.15, 0.2) is 0 Å². The molecule has 1 aromatic heterocycles. The third kappa shape index (κ3) is 5.65. The maximum Gasteiger partial charge on any atom is 0.350 e. The molecule has 0 bridgehead atoms. The van der Waals surface area contributed by atoms with Crippen LogP contribution in [0.3, 0.4) is 0 Å². The fraction of sp³-hybridized carbons (Fsp3) is 0.360. The van der Waals surface area contributed by atoms with E-state index in [2.05, 4.69) is 5.32 Å². The van der Waals surface area contributed by atoms with Gasteiger partial charge in [-0.2, -0.15) is 4.31 Å². The van der Waals surface area contributed by atoms with Gasteiger partial charge < -0.3 is 10.1 Å². The van der Waals surface area contributed by atoms with Crippen LogP contribution in [0.5, 0.6) is 0 Å². The van der Waals surface area contributed by atoms with Crippen LogP contribution in [0.15, 0.2) is 53.4 Å². The van der Waals surface area contributed by atoms with E-state index in [0.29, 0.717) is 29.2 Å². The van der Waals surface area contributed by atoms with E-state index in [4.69, 9.17) is 4.74 Å². The molecule has 182 valence electrons. The van der Waals surface area contributed by atoms with E-state index < -0.39 is 21.9 Å². The number of ether oxygens (including phenoxy) is 1. The second kappa shape index (κ2) is 11.6. The number of hydrogen-bond acceptors (Lipinski definition) is 6. The topological polar surface area (TPSA) is 92.8 Å². The quantitative estimate of drug-likeness (QED) is 0.348. The Balaban J connectivity index is 1.85. The number of unbranched alkanes of at least 4 members (excludes halogenated alkanes) is 2. The van der Waals surface area contributed by atoms with Gasteiger partial charge >= 0.3 is 5.97 Å². The van der Waals surface area contributed by atoms with Crippen LogP contribution < -0.4 is 5.32 Å². The molecule has 0 radical (unpaired) electrons. The first kappa shape index (κ1) is 25.9. The first-order valence-corrected chi connectivity index (χ1v) is 13.6. The van der Waals surface area contributed by atoms with E-state index in [0.717, 1.165) is 35.8 Å². The van der Waals surface area contributed by atoms with E-state index in [1.54, 1.807) is 0 Å². The van der Waals surface area contributed by atoms with Crippen molar-refractivity contribution in [1.29, 1.82) is 0 Å². The summed E-state index contributed by atoms with van der Waals surface area (Å²) in [5, 5.41) is 3.55. The van der Waals surface area contributed by atoms with Crippen LogP contribution in [0.1, 0.15) is 59.6 Å². The van der Waals surface area contributed by atoms with Crippen molar-refractivity contribution in [2.45, 2.75) is 44.4 Å². The van der Waals surface area contributed by atoms with Gasteiger partial charge in [0.1, 0.15) is 4.88 Å². The number of fused-ring (bicyclic) bond motifs is 1. The molecule has 1 N–H and O–H groups in total. The zero-order chi connectivity index (χ0) is 24.7. The second-order valence-corrected chi connectivity index (χ2v) is 10.9. The molecule has 0 saturated heterocycles. The van der Waals surface area contributed by atoms with Gasteiger partial charge in [0, 0.05) is 28.7 Å². The fourth-order valence-corrected chi connectivity index (χ4v) is 6.13. The standard InChI is InChI=1S/C25H30N2O5S2/c1-4-6-16-27(17-7-5-2)34(30,31)19-14-12-18(13-15-19)24(28)26-22-20-10-8-9-11-21(20)33-23(22)25(29)32-3/h8-15H,4-7,16-17H2,1-3H3,(H,26,28). The van der Waals surface area contributed by atoms with Crippen molar-refractivity contribution in [1.82, 2.24) is 4.31 Å². The Hall–Kier alpha value is -2.75. The molecule has 34 heavy (non-hydrogen) atoms. The van der Waals surface area contributed by atoms with Crippen molar-refractivity contribution in [3.63, 3.8) is 0 Å². The highest BCUT2D eigenvalue weighted by atomic mass is 32.2. The molecule has 0 aliphatic heterocycles. The van der Waals surface area contributed by atoms with Gasteiger partial charge in [-0.15, -0.1) is 11.3 Å². The number of nitrogens with zero attached hydrogens (tertiary/aromatic N) is 1. The summed E-state index contributed by atoms with van der Waals surface area (Å²) < 4.78 is 33.6. The number of anilines is 1. The van der Waals surface area contributed by atoms with Gasteiger partial charge in [0.05, 0.1) is 17.7 Å². The summed E-state index contributed by atoms with van der Waals surface area (Å²) in [7, 11) is -2.35. The molecular formula is C25H30N2O5S2. The lowest BCUT2D eigenvalue weighted by molar-refractivity contribution is 0.0607. The van der Waals surface area contributed by atoms with Crippen molar-refractivity contribution in [3.8, 4) is 0 Å². The maximum absolute atomic E-state index is 13.2. The number of sulfonamides is 1. The predicted molar refractivity (Wildman–Crippen MR) is 136 cm³/mol. The largest absolute Gasteiger partial charge is 0.465 e. The molecule has 1 heterocycles. The number of carbonyl (C=O) groups is 2. The second-order valence-electron chi connectivity index (χ2n) is 7.88. The Labute approximate surface area is 204 Å². The first-order chi connectivity index (χ1) is 16.3. The Morgan fingerprint density at radius 3 is 2.18 bits per heavy atom. The van der Waals surface area contributed by atoms with Gasteiger partial charge in [0.25, 0.3) is 5.91 Å². The van der Waals surface area contributed by atoms with Crippen LogP contribution in [0.25, 0.3) is 10.1 Å². The minimum Gasteiger partial charge on any atom is -0.465 e. The molecule has 0 aliphatic rings. The smallest absolute Gasteiger partial charge is 0.350 e. The number of thiophene rings is 1. The van der Waals surface area contributed by atoms with E-state index in [-0.39, 0.29) is 4.90 Å². The van der Waals surface area contributed by atoms with Crippen LogP contribution in [-0.2, 0) is 14.8 Å². The van der Waals surface area contributed by atoms with Gasteiger partial charge in [-0.25, -0.2) is 13.2 Å². The summed E-state index contributed by atoms with van der Waals surface area (Å²) in [4.78, 5) is 25.7. The van der Waals surface area contributed by atoms with E-state index >= 15 is 0 Å². The average Bonchev–Trinajstić information content (AvgIpc) is 3.21. The van der Waals surface area contributed by atoms with Crippen molar-refractivity contribution < 1.29 is 22.7 Å². The van der Waals surface area contributed by atoms with Crippen LogP contribution in [-0.4, -0.2) is 44.8 Å². The number of carbonyl (C=O) groups excluding carboxylic acids is 2. The molecule has 3 aromatic rings. The molecule has 2 aromatic carbocycles. The summed E-state index contributed by atoms with van der Waals surface area (Å²) in [5.74, 6) is -0.969. The molecule has 3 rings (SSSR count). The number of esters is 1. The molecule has 9 heteroatoms. The predicted octanol–water partition coefficient (Wildman–Crippen LogP) is 5.53. The number of amides is 1. The van der Waals surface area contributed by atoms with Gasteiger partial charge in [0.2, 0.25) is 10.0 Å². The van der Waals surface area contributed by atoms with E-state index in [1.807, 2.05) is 38.1 Å². The first-order valence-electron chi connectivity index (χ1n) is 11.3. The number of hydrogen-bond donors (Lipinski definition) is 1. The Bertz CT molecular complexity index is 1240. The molecule has 0 spiro atoms. The summed E-state index contributed by atoms with van der Waals surface area (Å²) >= 11 is 1.24. The number of rotatable bonds is 11. The molecule has 0 fully saturated rings. The summed E-state index contributed by atoms with van der Waals surface area (Å²) in [6.07, 6.45) is 3.39. The average molecular weight is 503 g/mol. The lowest BCUT2D eigenvalue weighted by Crippen LogP contribution is -2.33. The number of benzene rings is 2. The molecule has 0 atom stereocenters. The monoisotopic (exact) mass is 502 g/mol. The normalized spacial score (nSPS) is 11.6. The number of methoxy groups -OCH3 is 1. The van der Waals surface area contributed by atoms with E-state index in [1.165, 1.54) is 47.0 Å². The SMILES string of the molecule is CCCCN(CCCC)S(=O)(=O)c1ccc(C(=O)Nc2c(C(=O)OC)sc3ccccc23)cc1. The Morgan fingerprint density at radius 2 is 1.59 bits per heavy atom. The molecule has 0 aliphatic carbocycles. The van der Waals surface area contributed by atoms with Crippen LogP contribution >= 0.6 is 11.3 Å². The van der Waals surface area contributed by atoms with Crippen molar-refractivity contribution >= 4 is 49.0 Å². The van der Waals surface area contributed by atoms with Crippen molar-refractivity contribution in [2.75, 3.05) is 25.5 Å². The zero-order valence-electron chi connectivity index (χ0n) is 19.7. The highest BCUT2D eigenvalue weighted by Gasteiger charge is 2.25. The molecule has 7 nitrogen and oxygen atoms in total. The fourth-order valence-electron chi connectivity index (χ4n) is 3.54. The maximum atomic E-state index is 13.2. The third-order valence-electron chi connectivity index (χ3n) is 5.48. The van der Waals surface area contributed by atoms with Gasteiger partial charge in [-0.05, 0) is 43.2 Å². The molecule has 0 saturated carbocycles. The molecule has 1 amide bonds. The Morgan fingerprint density at radius 1 is 0.971 bits per heavy atom. The highest BCUT2D eigenvalue weighted by Crippen LogP contribution is 2.36.